The van der Waals surface area contributed by atoms with Crippen molar-refractivity contribution < 1.29 is 9.47 Å². The van der Waals surface area contributed by atoms with Crippen molar-refractivity contribution in [3.63, 3.8) is 0 Å². The number of ether oxygens (including phenoxy) is 2. The van der Waals surface area contributed by atoms with Gasteiger partial charge in [-0.05, 0) is 46.8 Å². The highest BCUT2D eigenvalue weighted by Crippen LogP contribution is 2.37. The number of aromatic amines is 2. The number of tetrazole rings is 1. The topological polar surface area (TPSA) is 102 Å². The van der Waals surface area contributed by atoms with Crippen LogP contribution >= 0.6 is 0 Å². The van der Waals surface area contributed by atoms with Gasteiger partial charge >= 0.3 is 0 Å². The van der Waals surface area contributed by atoms with Crippen molar-refractivity contribution in [1.29, 1.82) is 0 Å². The second-order valence-electron chi connectivity index (χ2n) is 5.15. The van der Waals surface area contributed by atoms with Gasteiger partial charge in [0.05, 0.1) is 5.52 Å². The van der Waals surface area contributed by atoms with Crippen molar-refractivity contribution in [2.24, 2.45) is 0 Å². The monoisotopic (exact) mass is 306 g/mol. The fourth-order valence-corrected chi connectivity index (χ4v) is 2.71. The molecule has 23 heavy (non-hydrogen) atoms. The smallest absolute Gasteiger partial charge is 0.231 e. The van der Waals surface area contributed by atoms with E-state index in [2.05, 4.69) is 30.8 Å². The lowest BCUT2D eigenvalue weighted by Gasteiger charge is -2.01. The van der Waals surface area contributed by atoms with Crippen LogP contribution in [0.15, 0.2) is 36.4 Å². The van der Waals surface area contributed by atoms with E-state index in [9.17, 15) is 0 Å². The van der Waals surface area contributed by atoms with Crippen molar-refractivity contribution in [1.82, 2.24) is 30.8 Å². The molecule has 0 aliphatic carbocycles. The van der Waals surface area contributed by atoms with E-state index in [1.54, 1.807) is 0 Å². The van der Waals surface area contributed by atoms with E-state index in [4.69, 9.17) is 9.47 Å². The summed E-state index contributed by atoms with van der Waals surface area (Å²) in [6.45, 7) is 0.253. The zero-order valence-corrected chi connectivity index (χ0v) is 11.8. The van der Waals surface area contributed by atoms with Gasteiger partial charge in [0, 0.05) is 16.5 Å². The van der Waals surface area contributed by atoms with E-state index in [1.807, 2.05) is 36.4 Å². The molecule has 8 heteroatoms. The predicted molar refractivity (Wildman–Crippen MR) is 80.8 cm³/mol. The highest BCUT2D eigenvalue weighted by Gasteiger charge is 2.17. The van der Waals surface area contributed by atoms with Gasteiger partial charge in [-0.1, -0.05) is 0 Å². The number of fused-ring (bicyclic) bond motifs is 2. The summed E-state index contributed by atoms with van der Waals surface area (Å²) in [7, 11) is 0. The summed E-state index contributed by atoms with van der Waals surface area (Å²) in [5.74, 6) is 2.10. The number of nitrogens with zero attached hydrogens (tertiary/aromatic N) is 4. The van der Waals surface area contributed by atoms with Crippen LogP contribution in [0.3, 0.4) is 0 Å². The lowest BCUT2D eigenvalue weighted by Crippen LogP contribution is -1.92. The minimum absolute atomic E-state index is 0.253. The summed E-state index contributed by atoms with van der Waals surface area (Å²) in [6, 6.07) is 11.7. The highest BCUT2D eigenvalue weighted by atomic mass is 16.7. The molecule has 0 saturated carbocycles. The van der Waals surface area contributed by atoms with Gasteiger partial charge in [-0.15, -0.1) is 5.10 Å². The molecule has 2 N–H and O–H groups in total. The number of hydrogen-bond acceptors (Lipinski definition) is 6. The van der Waals surface area contributed by atoms with E-state index in [1.165, 1.54) is 0 Å². The van der Waals surface area contributed by atoms with E-state index in [0.717, 1.165) is 39.2 Å². The average Bonchev–Trinajstić information content (AvgIpc) is 3.32. The number of benzene rings is 2. The van der Waals surface area contributed by atoms with Gasteiger partial charge in [0.25, 0.3) is 0 Å². The Morgan fingerprint density at radius 3 is 2.74 bits per heavy atom. The Bertz CT molecular complexity index is 1010. The lowest BCUT2D eigenvalue weighted by molar-refractivity contribution is 0.174. The van der Waals surface area contributed by atoms with Gasteiger partial charge in [0.15, 0.2) is 17.3 Å². The third-order valence-corrected chi connectivity index (χ3v) is 3.83. The van der Waals surface area contributed by atoms with E-state index < -0.39 is 0 Å². The van der Waals surface area contributed by atoms with Crippen molar-refractivity contribution in [2.45, 2.75) is 0 Å². The zero-order valence-electron chi connectivity index (χ0n) is 11.8. The zero-order chi connectivity index (χ0) is 15.2. The van der Waals surface area contributed by atoms with Gasteiger partial charge in [-0.3, -0.25) is 5.10 Å². The Kier molecular flexibility index (Phi) is 2.40. The maximum Gasteiger partial charge on any atom is 0.231 e. The van der Waals surface area contributed by atoms with Gasteiger partial charge in [0.1, 0.15) is 5.69 Å². The molecule has 1 aliphatic rings. The summed E-state index contributed by atoms with van der Waals surface area (Å²) in [5.41, 5.74) is 3.63. The molecule has 0 saturated heterocycles. The number of aromatic nitrogens is 6. The van der Waals surface area contributed by atoms with Crippen LogP contribution in [0.5, 0.6) is 11.5 Å². The van der Waals surface area contributed by atoms with Crippen LogP contribution in [-0.2, 0) is 0 Å². The minimum atomic E-state index is 0.253. The van der Waals surface area contributed by atoms with Crippen LogP contribution < -0.4 is 9.47 Å². The Balaban J connectivity index is 1.68. The normalized spacial score (nSPS) is 12.9. The fraction of sp³-hybridized carbons (Fsp3) is 0.0667. The first kappa shape index (κ1) is 12.2. The Hall–Kier alpha value is -3.42. The van der Waals surface area contributed by atoms with Crippen molar-refractivity contribution in [2.75, 3.05) is 6.79 Å². The van der Waals surface area contributed by atoms with E-state index in [-0.39, 0.29) is 6.79 Å². The molecule has 0 spiro atoms. The molecule has 2 aromatic carbocycles. The first-order chi connectivity index (χ1) is 11.4. The molecule has 112 valence electrons. The van der Waals surface area contributed by atoms with Crippen LogP contribution in [0.2, 0.25) is 0 Å². The molecule has 4 aromatic rings. The van der Waals surface area contributed by atoms with Crippen molar-refractivity contribution in [3.8, 4) is 34.1 Å². The number of nitrogens with one attached hydrogen (secondary N) is 2. The van der Waals surface area contributed by atoms with E-state index >= 15 is 0 Å². The first-order valence-electron chi connectivity index (χ1n) is 7.01. The van der Waals surface area contributed by atoms with Gasteiger partial charge in [-0.2, -0.15) is 5.10 Å². The lowest BCUT2D eigenvalue weighted by atomic mass is 10.0. The van der Waals surface area contributed by atoms with Gasteiger partial charge in [-0.25, -0.2) is 5.10 Å². The molecule has 5 rings (SSSR count). The summed E-state index contributed by atoms with van der Waals surface area (Å²) in [5, 5.41) is 22.4. The van der Waals surface area contributed by atoms with Crippen molar-refractivity contribution >= 4 is 10.9 Å². The molecule has 0 atom stereocenters. The second-order valence-corrected chi connectivity index (χ2v) is 5.15. The molecule has 3 heterocycles. The summed E-state index contributed by atoms with van der Waals surface area (Å²) < 4.78 is 10.8. The third-order valence-electron chi connectivity index (χ3n) is 3.83. The molecule has 0 radical (unpaired) electrons. The molecular weight excluding hydrogens is 296 g/mol. The van der Waals surface area contributed by atoms with Gasteiger partial charge < -0.3 is 9.47 Å². The molecule has 0 amide bonds. The number of rotatable bonds is 2. The van der Waals surface area contributed by atoms with Crippen LogP contribution in [0.4, 0.5) is 0 Å². The summed E-state index contributed by atoms with van der Waals surface area (Å²) in [4.78, 5) is 0. The molecule has 1 aliphatic heterocycles. The first-order valence-corrected chi connectivity index (χ1v) is 7.01. The molecule has 2 aromatic heterocycles. The van der Waals surface area contributed by atoms with Crippen molar-refractivity contribution in [3.05, 3.63) is 36.4 Å². The van der Waals surface area contributed by atoms with Crippen LogP contribution in [0, 0.1) is 0 Å². The quantitative estimate of drug-likeness (QED) is 0.588. The Labute approximate surface area is 129 Å². The molecular formula is C15H10N6O2. The summed E-state index contributed by atoms with van der Waals surface area (Å²) >= 11 is 0. The number of hydrogen-bond donors (Lipinski definition) is 2. The van der Waals surface area contributed by atoms with Crippen LogP contribution in [0.1, 0.15) is 0 Å². The molecule has 0 bridgehead atoms. The number of H-pyrrole nitrogens is 2. The predicted octanol–water partition coefficient (Wildman–Crippen LogP) is 2.14. The third kappa shape index (κ3) is 1.85. The van der Waals surface area contributed by atoms with Crippen LogP contribution in [-0.4, -0.2) is 37.6 Å². The molecule has 0 unspecified atom stereocenters. The van der Waals surface area contributed by atoms with Crippen LogP contribution in [0.25, 0.3) is 33.5 Å². The Morgan fingerprint density at radius 2 is 1.83 bits per heavy atom. The Morgan fingerprint density at radius 1 is 0.913 bits per heavy atom. The second kappa shape index (κ2) is 4.54. The SMILES string of the molecule is c1cc2[nH]nc(-c3ccc4c(c3)OCO4)c2cc1-c1nnn[nH]1. The molecule has 8 nitrogen and oxygen atoms in total. The average molecular weight is 306 g/mol. The fourth-order valence-electron chi connectivity index (χ4n) is 2.71. The standard InChI is InChI=1S/C15H10N6O2/c1-3-11-10(5-9(1)15-18-20-21-19-15)14(17-16-11)8-2-4-12-13(6-8)23-7-22-12/h1-6H,7H2,(H,16,17)(H,18,19,20,21). The van der Waals surface area contributed by atoms with Gasteiger partial charge in [0.2, 0.25) is 6.79 Å². The largest absolute Gasteiger partial charge is 0.454 e. The molecule has 0 fully saturated rings. The maximum absolute atomic E-state index is 5.44. The minimum Gasteiger partial charge on any atom is -0.454 e. The van der Waals surface area contributed by atoms with E-state index in [0.29, 0.717) is 5.82 Å². The highest BCUT2D eigenvalue weighted by molar-refractivity contribution is 5.95. The summed E-state index contributed by atoms with van der Waals surface area (Å²) in [6.07, 6.45) is 0. The maximum atomic E-state index is 5.44.